The van der Waals surface area contributed by atoms with Gasteiger partial charge in [-0.15, -0.1) is 0 Å². The van der Waals surface area contributed by atoms with Gasteiger partial charge in [-0.3, -0.25) is 0 Å². The van der Waals surface area contributed by atoms with Crippen LogP contribution >= 0.6 is 0 Å². The maximum Gasteiger partial charge on any atom is 0.408 e. The van der Waals surface area contributed by atoms with Gasteiger partial charge in [0.15, 0.2) is 0 Å². The van der Waals surface area contributed by atoms with Crippen LogP contribution in [0, 0.1) is 0 Å². The number of rotatable bonds is 3. The third kappa shape index (κ3) is 4.05. The molecule has 0 bridgehead atoms. The zero-order valence-corrected chi connectivity index (χ0v) is 12.2. The van der Waals surface area contributed by atoms with Crippen molar-refractivity contribution in [3.05, 3.63) is 0 Å². The van der Waals surface area contributed by atoms with Crippen molar-refractivity contribution >= 4 is 12.1 Å². The molecule has 7 heteroatoms. The van der Waals surface area contributed by atoms with E-state index in [1.807, 2.05) is 0 Å². The lowest BCUT2D eigenvalue weighted by Gasteiger charge is -2.29. The molecule has 1 saturated carbocycles. The molecule has 0 aromatic heterocycles. The second-order valence-corrected chi connectivity index (χ2v) is 5.87. The Bertz CT molecular complexity index is 371. The highest BCUT2D eigenvalue weighted by atomic mass is 19.2. The lowest BCUT2D eigenvalue weighted by Crippen LogP contribution is -2.55. The molecule has 20 heavy (non-hydrogen) atoms. The van der Waals surface area contributed by atoms with Crippen LogP contribution in [-0.2, 0) is 14.3 Å². The number of hydrogen-bond acceptors (Lipinski definition) is 4. The first kappa shape index (κ1) is 16.7. The van der Waals surface area contributed by atoms with Crippen LogP contribution in [0.5, 0.6) is 0 Å². The summed E-state index contributed by atoms with van der Waals surface area (Å²) >= 11 is 0. The van der Waals surface area contributed by atoms with Gasteiger partial charge in [-0.1, -0.05) is 0 Å². The van der Waals surface area contributed by atoms with Crippen molar-refractivity contribution in [1.29, 1.82) is 0 Å². The summed E-state index contributed by atoms with van der Waals surface area (Å²) in [7, 11) is 0. The van der Waals surface area contributed by atoms with Crippen LogP contribution in [0.2, 0.25) is 0 Å². The number of carbonyl (C=O) groups excluding carboxylic acids is 2. The average Bonchev–Trinajstić information content (AvgIpc) is 2.52. The highest BCUT2D eigenvalue weighted by Gasteiger charge is 2.54. The van der Waals surface area contributed by atoms with Gasteiger partial charge in [0.25, 0.3) is 0 Å². The first-order valence-corrected chi connectivity index (χ1v) is 6.56. The van der Waals surface area contributed by atoms with Gasteiger partial charge in [-0.2, -0.15) is 0 Å². The van der Waals surface area contributed by atoms with Crippen molar-refractivity contribution in [3.63, 3.8) is 0 Å². The Labute approximate surface area is 117 Å². The van der Waals surface area contributed by atoms with Gasteiger partial charge >= 0.3 is 12.1 Å². The Kier molecular flexibility index (Phi) is 4.94. The topological polar surface area (TPSA) is 64.6 Å². The van der Waals surface area contributed by atoms with E-state index in [2.05, 4.69) is 5.32 Å². The van der Waals surface area contributed by atoms with Gasteiger partial charge in [0.05, 0.1) is 6.61 Å². The summed E-state index contributed by atoms with van der Waals surface area (Å²) in [5, 5.41) is 2.28. The molecule has 5 nitrogen and oxygen atoms in total. The lowest BCUT2D eigenvalue weighted by atomic mass is 9.98. The fraction of sp³-hybridized carbons (Fsp3) is 0.846. The van der Waals surface area contributed by atoms with Crippen LogP contribution in [0.3, 0.4) is 0 Å². The van der Waals surface area contributed by atoms with Gasteiger partial charge in [0.2, 0.25) is 0 Å². The Morgan fingerprint density at radius 2 is 1.75 bits per heavy atom. The summed E-state index contributed by atoms with van der Waals surface area (Å²) in [4.78, 5) is 23.7. The molecule has 1 fully saturated rings. The minimum Gasteiger partial charge on any atom is -0.464 e. The van der Waals surface area contributed by atoms with Crippen molar-refractivity contribution in [2.75, 3.05) is 6.61 Å². The molecule has 0 saturated heterocycles. The van der Waals surface area contributed by atoms with Crippen molar-refractivity contribution in [2.45, 2.75) is 64.0 Å². The minimum absolute atomic E-state index is 0.0600. The van der Waals surface area contributed by atoms with E-state index in [1.54, 1.807) is 27.7 Å². The number of hydrogen-bond donors (Lipinski definition) is 1. The summed E-state index contributed by atoms with van der Waals surface area (Å²) in [5.74, 6) is -0.839. The molecule has 0 unspecified atom stereocenters. The second kappa shape index (κ2) is 5.93. The molecule has 1 N–H and O–H groups in total. The number of esters is 1. The van der Waals surface area contributed by atoms with E-state index < -0.39 is 48.4 Å². The summed E-state index contributed by atoms with van der Waals surface area (Å²) in [6, 6.07) is 0. The number of halogens is 2. The lowest BCUT2D eigenvalue weighted by molar-refractivity contribution is -0.151. The first-order valence-electron chi connectivity index (χ1n) is 6.56. The number of alkyl halides is 2. The highest BCUT2D eigenvalue weighted by molar-refractivity contribution is 5.86. The molecule has 1 rings (SSSR count). The van der Waals surface area contributed by atoms with Crippen molar-refractivity contribution in [2.24, 2.45) is 0 Å². The van der Waals surface area contributed by atoms with Crippen LogP contribution < -0.4 is 5.32 Å². The average molecular weight is 293 g/mol. The van der Waals surface area contributed by atoms with E-state index in [4.69, 9.17) is 9.47 Å². The van der Waals surface area contributed by atoms with Gasteiger partial charge < -0.3 is 14.8 Å². The third-order valence-corrected chi connectivity index (χ3v) is 2.89. The van der Waals surface area contributed by atoms with Crippen LogP contribution in [0.4, 0.5) is 13.6 Å². The predicted molar refractivity (Wildman–Crippen MR) is 67.8 cm³/mol. The third-order valence-electron chi connectivity index (χ3n) is 2.89. The van der Waals surface area contributed by atoms with Gasteiger partial charge in [-0.05, 0) is 27.7 Å². The number of amides is 1. The molecule has 0 radical (unpaired) electrons. The monoisotopic (exact) mass is 293 g/mol. The number of alkyl carbamates (subject to hydrolysis) is 1. The molecule has 0 aromatic rings. The number of nitrogens with one attached hydrogen (secondary N) is 1. The maximum atomic E-state index is 13.4. The summed E-state index contributed by atoms with van der Waals surface area (Å²) in [6.07, 6.45) is -5.42. The van der Waals surface area contributed by atoms with Crippen LogP contribution in [0.15, 0.2) is 0 Å². The number of carbonyl (C=O) groups is 2. The summed E-state index contributed by atoms with van der Waals surface area (Å²) < 4.78 is 36.7. The molecule has 0 aromatic carbocycles. The van der Waals surface area contributed by atoms with Crippen LogP contribution in [0.25, 0.3) is 0 Å². The van der Waals surface area contributed by atoms with Gasteiger partial charge in [-0.25, -0.2) is 18.4 Å². The van der Waals surface area contributed by atoms with Gasteiger partial charge in [0, 0.05) is 12.8 Å². The molecule has 0 aliphatic heterocycles. The Balaban J connectivity index is 2.85. The standard InChI is InChI=1S/C13H21F2NO4/c1-5-19-10(17)13(6-8(14)9(15)7-13)16-11(18)20-12(2,3)4/h8-9H,5-7H2,1-4H3,(H,16,18)/t8-,9-/m1/s1. The second-order valence-electron chi connectivity index (χ2n) is 5.87. The number of ether oxygens (including phenoxy) is 2. The van der Waals surface area contributed by atoms with E-state index in [0.717, 1.165) is 0 Å². The molecule has 0 spiro atoms. The summed E-state index contributed by atoms with van der Waals surface area (Å²) in [5.41, 5.74) is -2.47. The fourth-order valence-corrected chi connectivity index (χ4v) is 2.09. The molecular weight excluding hydrogens is 272 g/mol. The van der Waals surface area contributed by atoms with Crippen molar-refractivity contribution in [3.8, 4) is 0 Å². The molecule has 1 amide bonds. The molecule has 1 aliphatic carbocycles. The largest absolute Gasteiger partial charge is 0.464 e. The minimum atomic E-state index is -1.81. The SMILES string of the molecule is CCOC(=O)C1(NC(=O)OC(C)(C)C)C[C@@H](F)[C@H](F)C1. The molecule has 116 valence electrons. The quantitative estimate of drug-likeness (QED) is 0.811. The molecule has 0 heterocycles. The Morgan fingerprint density at radius 1 is 1.25 bits per heavy atom. The molecule has 2 atom stereocenters. The zero-order chi connectivity index (χ0) is 15.6. The van der Waals surface area contributed by atoms with E-state index in [-0.39, 0.29) is 6.61 Å². The first-order chi connectivity index (χ1) is 9.09. The normalized spacial score (nSPS) is 25.1. The van der Waals surface area contributed by atoms with E-state index in [0.29, 0.717) is 0 Å². The van der Waals surface area contributed by atoms with Gasteiger partial charge in [0.1, 0.15) is 23.5 Å². The fourth-order valence-electron chi connectivity index (χ4n) is 2.09. The van der Waals surface area contributed by atoms with Crippen molar-refractivity contribution < 1.29 is 27.8 Å². The maximum absolute atomic E-state index is 13.4. The van der Waals surface area contributed by atoms with E-state index in [1.165, 1.54) is 0 Å². The zero-order valence-electron chi connectivity index (χ0n) is 12.2. The van der Waals surface area contributed by atoms with E-state index >= 15 is 0 Å². The summed E-state index contributed by atoms with van der Waals surface area (Å²) in [6.45, 7) is 6.58. The predicted octanol–water partition coefficient (Wildman–Crippen LogP) is 2.28. The molecular formula is C13H21F2NO4. The van der Waals surface area contributed by atoms with E-state index in [9.17, 15) is 18.4 Å². The Morgan fingerprint density at radius 3 is 2.15 bits per heavy atom. The molecule has 1 aliphatic rings. The van der Waals surface area contributed by atoms with Crippen LogP contribution in [-0.4, -0.2) is 42.2 Å². The smallest absolute Gasteiger partial charge is 0.408 e. The Hall–Kier alpha value is -1.40. The van der Waals surface area contributed by atoms with Crippen molar-refractivity contribution in [1.82, 2.24) is 5.32 Å². The highest BCUT2D eigenvalue weighted by Crippen LogP contribution is 2.35. The van der Waals surface area contributed by atoms with Crippen LogP contribution in [0.1, 0.15) is 40.5 Å².